The fraction of sp³-hybridized carbons (Fsp3) is 0.188. The van der Waals surface area contributed by atoms with E-state index in [2.05, 4.69) is 0 Å². The molecule has 20 heavy (non-hydrogen) atoms. The number of benzene rings is 2. The second kappa shape index (κ2) is 4.93. The van der Waals surface area contributed by atoms with Crippen LogP contribution in [0.25, 0.3) is 0 Å². The van der Waals surface area contributed by atoms with Gasteiger partial charge in [-0.05, 0) is 36.8 Å². The van der Waals surface area contributed by atoms with E-state index in [-0.39, 0.29) is 11.9 Å². The predicted molar refractivity (Wildman–Crippen MR) is 80.8 cm³/mol. The van der Waals surface area contributed by atoms with Gasteiger partial charge in [-0.2, -0.15) is 0 Å². The molecule has 3 rings (SSSR count). The van der Waals surface area contributed by atoms with Crippen molar-refractivity contribution >= 4 is 23.2 Å². The summed E-state index contributed by atoms with van der Waals surface area (Å²) in [7, 11) is 0. The van der Waals surface area contributed by atoms with Gasteiger partial charge in [0.2, 0.25) is 5.91 Å². The number of hydrogen-bond acceptors (Lipinski definition) is 2. The lowest BCUT2D eigenvalue weighted by Crippen LogP contribution is -2.63. The van der Waals surface area contributed by atoms with Crippen molar-refractivity contribution in [1.82, 2.24) is 0 Å². The topological polar surface area (TPSA) is 46.3 Å². The van der Waals surface area contributed by atoms with Crippen LogP contribution in [0.3, 0.4) is 0 Å². The number of carbonyl (C=O) groups excluding carboxylic acids is 1. The fourth-order valence-electron chi connectivity index (χ4n) is 2.55. The van der Waals surface area contributed by atoms with Crippen molar-refractivity contribution in [3.8, 4) is 0 Å². The van der Waals surface area contributed by atoms with Gasteiger partial charge in [-0.15, -0.1) is 0 Å². The van der Waals surface area contributed by atoms with Crippen LogP contribution in [0.15, 0.2) is 48.5 Å². The molecule has 1 fully saturated rings. The normalized spacial score (nSPS) is 21.8. The molecule has 0 radical (unpaired) electrons. The van der Waals surface area contributed by atoms with Crippen LogP contribution >= 0.6 is 11.6 Å². The van der Waals surface area contributed by atoms with Crippen LogP contribution in [0.5, 0.6) is 0 Å². The Morgan fingerprint density at radius 1 is 1.15 bits per heavy atom. The third-order valence-corrected chi connectivity index (χ3v) is 3.88. The molecule has 0 aliphatic carbocycles. The number of nitrogens with two attached hydrogens (primary N) is 1. The Bertz CT molecular complexity index is 654. The summed E-state index contributed by atoms with van der Waals surface area (Å²) in [6.45, 7) is 2.02. The first kappa shape index (κ1) is 13.2. The Labute approximate surface area is 123 Å². The van der Waals surface area contributed by atoms with Crippen molar-refractivity contribution in [2.75, 3.05) is 4.90 Å². The van der Waals surface area contributed by atoms with Crippen molar-refractivity contribution in [3.05, 3.63) is 64.7 Å². The molecule has 0 bridgehead atoms. The lowest BCUT2D eigenvalue weighted by atomic mass is 9.88. The Morgan fingerprint density at radius 2 is 1.85 bits per heavy atom. The Hall–Kier alpha value is -1.84. The molecule has 102 valence electrons. The molecular weight excluding hydrogens is 272 g/mol. The number of hydrogen-bond donors (Lipinski definition) is 1. The Morgan fingerprint density at radius 3 is 2.50 bits per heavy atom. The number of amides is 1. The average Bonchev–Trinajstić information content (AvgIpc) is 2.45. The van der Waals surface area contributed by atoms with Crippen LogP contribution in [-0.2, 0) is 4.79 Å². The van der Waals surface area contributed by atoms with Crippen LogP contribution in [0, 0.1) is 6.92 Å². The van der Waals surface area contributed by atoms with E-state index >= 15 is 0 Å². The maximum absolute atomic E-state index is 12.1. The van der Waals surface area contributed by atoms with Crippen molar-refractivity contribution in [1.29, 1.82) is 0 Å². The van der Waals surface area contributed by atoms with Crippen LogP contribution in [0.4, 0.5) is 5.69 Å². The van der Waals surface area contributed by atoms with Gasteiger partial charge >= 0.3 is 0 Å². The van der Waals surface area contributed by atoms with Crippen molar-refractivity contribution in [3.63, 3.8) is 0 Å². The van der Waals surface area contributed by atoms with E-state index in [0.29, 0.717) is 5.02 Å². The van der Waals surface area contributed by atoms with E-state index < -0.39 is 6.04 Å². The van der Waals surface area contributed by atoms with Gasteiger partial charge in [0.1, 0.15) is 6.04 Å². The second-order valence-corrected chi connectivity index (χ2v) is 5.51. The maximum Gasteiger partial charge on any atom is 0.247 e. The number of nitrogens with zero attached hydrogens (tertiary/aromatic N) is 1. The highest BCUT2D eigenvalue weighted by Crippen LogP contribution is 2.38. The van der Waals surface area contributed by atoms with E-state index in [4.69, 9.17) is 17.3 Å². The van der Waals surface area contributed by atoms with Crippen LogP contribution in [0.1, 0.15) is 17.2 Å². The largest absolute Gasteiger partial charge is 0.318 e. The minimum Gasteiger partial charge on any atom is -0.318 e. The van der Waals surface area contributed by atoms with Gasteiger partial charge in [0.25, 0.3) is 0 Å². The van der Waals surface area contributed by atoms with Gasteiger partial charge in [-0.25, -0.2) is 0 Å². The van der Waals surface area contributed by atoms with E-state index in [0.717, 1.165) is 16.8 Å². The zero-order valence-corrected chi connectivity index (χ0v) is 11.8. The van der Waals surface area contributed by atoms with Gasteiger partial charge in [0.05, 0.1) is 6.04 Å². The highest BCUT2D eigenvalue weighted by atomic mass is 35.5. The van der Waals surface area contributed by atoms with Crippen molar-refractivity contribution in [2.24, 2.45) is 5.73 Å². The Kier molecular flexibility index (Phi) is 3.24. The van der Waals surface area contributed by atoms with Crippen molar-refractivity contribution in [2.45, 2.75) is 19.0 Å². The van der Waals surface area contributed by atoms with Gasteiger partial charge < -0.3 is 10.6 Å². The zero-order chi connectivity index (χ0) is 14.3. The molecule has 2 N–H and O–H groups in total. The molecule has 1 saturated heterocycles. The van der Waals surface area contributed by atoms with Crippen LogP contribution < -0.4 is 10.6 Å². The molecular formula is C16H15ClN2O. The van der Waals surface area contributed by atoms with E-state index in [1.54, 1.807) is 4.90 Å². The highest BCUT2D eigenvalue weighted by molar-refractivity contribution is 6.30. The molecule has 0 spiro atoms. The first-order valence-corrected chi connectivity index (χ1v) is 6.86. The average molecular weight is 287 g/mol. The number of anilines is 1. The summed E-state index contributed by atoms with van der Waals surface area (Å²) in [5.74, 6) is -0.0566. The number of halogens is 1. The molecule has 1 aliphatic heterocycles. The minimum absolute atomic E-state index is 0.0566. The monoisotopic (exact) mass is 286 g/mol. The quantitative estimate of drug-likeness (QED) is 0.863. The lowest BCUT2D eigenvalue weighted by Gasteiger charge is -2.45. The number of carbonyl (C=O) groups is 1. The SMILES string of the molecule is Cc1ccc(N2C(=O)[C@H](N)[C@@H]2c2cccc(Cl)c2)cc1. The van der Waals surface area contributed by atoms with E-state index in [1.807, 2.05) is 55.5 Å². The first-order valence-electron chi connectivity index (χ1n) is 6.49. The molecule has 1 amide bonds. The number of aryl methyl sites for hydroxylation is 1. The third-order valence-electron chi connectivity index (χ3n) is 3.64. The molecule has 4 heteroatoms. The molecule has 2 aromatic rings. The van der Waals surface area contributed by atoms with E-state index in [9.17, 15) is 4.79 Å². The predicted octanol–water partition coefficient (Wildman–Crippen LogP) is 3.06. The van der Waals surface area contributed by atoms with E-state index in [1.165, 1.54) is 0 Å². The number of rotatable bonds is 2. The third kappa shape index (κ3) is 2.09. The summed E-state index contributed by atoms with van der Waals surface area (Å²) in [4.78, 5) is 13.8. The van der Waals surface area contributed by atoms with Gasteiger partial charge in [-0.3, -0.25) is 4.79 Å². The molecule has 1 heterocycles. The first-order chi connectivity index (χ1) is 9.58. The highest BCUT2D eigenvalue weighted by Gasteiger charge is 2.46. The zero-order valence-electron chi connectivity index (χ0n) is 11.1. The molecule has 0 unspecified atom stereocenters. The summed E-state index contributed by atoms with van der Waals surface area (Å²) in [6, 6.07) is 14.7. The molecule has 2 atom stereocenters. The van der Waals surface area contributed by atoms with Crippen LogP contribution in [0.2, 0.25) is 5.02 Å². The summed E-state index contributed by atoms with van der Waals surface area (Å²) in [5.41, 5.74) is 8.96. The maximum atomic E-state index is 12.1. The number of β-lactam (4-membered cyclic amide) rings is 1. The van der Waals surface area contributed by atoms with Crippen LogP contribution in [-0.4, -0.2) is 11.9 Å². The van der Waals surface area contributed by atoms with Crippen molar-refractivity contribution < 1.29 is 4.79 Å². The van der Waals surface area contributed by atoms with Gasteiger partial charge in [0, 0.05) is 10.7 Å². The summed E-state index contributed by atoms with van der Waals surface area (Å²) >= 11 is 6.02. The summed E-state index contributed by atoms with van der Waals surface area (Å²) < 4.78 is 0. The Balaban J connectivity index is 1.97. The fourth-order valence-corrected chi connectivity index (χ4v) is 2.75. The molecule has 3 nitrogen and oxygen atoms in total. The second-order valence-electron chi connectivity index (χ2n) is 5.07. The molecule has 2 aromatic carbocycles. The summed E-state index contributed by atoms with van der Waals surface area (Å²) in [5, 5.41) is 0.651. The minimum atomic E-state index is -0.505. The van der Waals surface area contributed by atoms with Gasteiger partial charge in [-0.1, -0.05) is 41.4 Å². The summed E-state index contributed by atoms with van der Waals surface area (Å²) in [6.07, 6.45) is 0. The molecule has 0 saturated carbocycles. The lowest BCUT2D eigenvalue weighted by molar-refractivity contribution is -0.126. The van der Waals surface area contributed by atoms with Gasteiger partial charge in [0.15, 0.2) is 0 Å². The smallest absolute Gasteiger partial charge is 0.247 e. The molecule has 1 aliphatic rings. The molecule has 0 aromatic heterocycles. The standard InChI is InChI=1S/C16H15ClN2O/c1-10-5-7-13(8-6-10)19-15(14(18)16(19)20)11-3-2-4-12(17)9-11/h2-9,14-15H,18H2,1H3/t14-,15+/m1/s1.